The Morgan fingerprint density at radius 3 is 1.00 bits per heavy atom. The van der Waals surface area contributed by atoms with Gasteiger partial charge in [0.15, 0.2) is 0 Å². The quantitative estimate of drug-likeness (QED) is 0.264. The summed E-state index contributed by atoms with van der Waals surface area (Å²) in [6.07, 6.45) is 0. The van der Waals surface area contributed by atoms with Gasteiger partial charge in [-0.15, -0.1) is 0 Å². The standard InChI is InChI=1S/I2S20/c1-22(2)21-20-19-18-17-16-15-14-13-12-11-10-9-8-7-6-5-4-3. The maximum absolute atomic E-state index is 4.77. The van der Waals surface area contributed by atoms with E-state index in [2.05, 4.69) is 42.4 Å². The summed E-state index contributed by atoms with van der Waals surface area (Å²) in [6.45, 7) is 0. The third-order valence-corrected chi connectivity index (χ3v) is 47.6. The van der Waals surface area contributed by atoms with Crippen molar-refractivity contribution in [2.45, 2.75) is 0 Å². The molecule has 0 radical (unpaired) electrons. The first-order valence-corrected chi connectivity index (χ1v) is 34.7. The molecule has 0 heterocycles. The first-order chi connectivity index (χ1) is 10.8. The summed E-state index contributed by atoms with van der Waals surface area (Å²) in [4.78, 5) is 0. The van der Waals surface area contributed by atoms with Crippen molar-refractivity contribution >= 4 is 217 Å². The molecule has 0 atom stereocenters. The summed E-state index contributed by atoms with van der Waals surface area (Å²) in [6, 6.07) is 0. The Balaban J connectivity index is 5.78. The van der Waals surface area contributed by atoms with E-state index in [9.17, 15) is 0 Å². The summed E-state index contributed by atoms with van der Waals surface area (Å²) >= 11 is 9.65. The minimum absolute atomic E-state index is 0.404. The minimum Gasteiger partial charge on any atom is -0.0257 e. The van der Waals surface area contributed by atoms with Crippen molar-refractivity contribution in [3.63, 3.8) is 0 Å². The highest BCUT2D eigenvalue weighted by atomic mass is 127. The molecule has 0 aliphatic heterocycles. The Morgan fingerprint density at radius 1 is 0.455 bits per heavy atom. The van der Waals surface area contributed by atoms with Gasteiger partial charge in [0.2, 0.25) is 0 Å². The summed E-state index contributed by atoms with van der Waals surface area (Å²) in [5, 5.41) is 0. The van der Waals surface area contributed by atoms with Crippen LogP contribution in [0.4, 0.5) is 0 Å². The van der Waals surface area contributed by atoms with Gasteiger partial charge >= 0.3 is 0 Å². The predicted octanol–water partition coefficient (Wildman–Crippen LogP) is 1.72. The predicted molar refractivity (Wildman–Crippen MR) is 175 cm³/mol. The molecule has 0 nitrogen and oxygen atoms in total. The van der Waals surface area contributed by atoms with Gasteiger partial charge in [0.05, 0.1) is 0 Å². The van der Waals surface area contributed by atoms with Gasteiger partial charge in [0.25, 0.3) is 0 Å². The van der Waals surface area contributed by atoms with E-state index in [0.717, 1.165) is 0 Å². The lowest BCUT2D eigenvalue weighted by molar-refractivity contribution is 5.97. The second-order valence-electron chi connectivity index (χ2n) is 1.41. The first kappa shape index (κ1) is 28.0. The molecular weight excluding hydrogens is 895 g/mol. The zero-order chi connectivity index (χ0) is 16.3. The van der Waals surface area contributed by atoms with Gasteiger partial charge in [-0.3, -0.25) is 0 Å². The zero-order valence-electron chi connectivity index (χ0n) is 8.92. The van der Waals surface area contributed by atoms with Gasteiger partial charge in [-0.05, 0) is 79.9 Å². The molecule has 0 aliphatic rings. The van der Waals surface area contributed by atoms with Gasteiger partial charge in [-0.25, -0.2) is 0 Å². The third-order valence-electron chi connectivity index (χ3n) is 0.524. The van der Waals surface area contributed by atoms with Crippen molar-refractivity contribution < 1.29 is 0 Å². The van der Waals surface area contributed by atoms with Crippen molar-refractivity contribution in [1.29, 1.82) is 0 Å². The van der Waals surface area contributed by atoms with E-state index in [1.165, 1.54) is 8.88 Å². The van der Waals surface area contributed by atoms with Crippen LogP contribution < -0.4 is 0 Å². The largest absolute Gasteiger partial charge is 0.0257 e. The van der Waals surface area contributed by atoms with Crippen molar-refractivity contribution in [2.75, 3.05) is 0 Å². The molecule has 0 bridgehead atoms. The molecule has 0 saturated carbocycles. The van der Waals surface area contributed by atoms with Crippen LogP contribution in [-0.2, 0) is 175 Å². The summed E-state index contributed by atoms with van der Waals surface area (Å²) in [5.74, 6) is 0. The summed E-state index contributed by atoms with van der Waals surface area (Å²) < 4.78 is 0.404. The molecule has 0 spiro atoms. The van der Waals surface area contributed by atoms with Crippen LogP contribution >= 0.6 is 42.4 Å². The van der Waals surface area contributed by atoms with Crippen molar-refractivity contribution in [3.8, 4) is 0 Å². The molecule has 0 N–H and O–H groups in total. The van der Waals surface area contributed by atoms with Crippen LogP contribution in [0.25, 0.3) is 0 Å². The van der Waals surface area contributed by atoms with Crippen LogP contribution in [-0.4, -0.2) is 0 Å². The monoisotopic (exact) mass is 893 g/mol. The number of halogens is 2. The fourth-order valence-corrected chi connectivity index (χ4v) is 55.5. The van der Waals surface area contributed by atoms with Gasteiger partial charge in [-0.1, -0.05) is 0 Å². The Morgan fingerprint density at radius 2 is 0.727 bits per heavy atom. The van der Waals surface area contributed by atoms with Gasteiger partial charge < -0.3 is 0 Å². The van der Waals surface area contributed by atoms with Gasteiger partial charge in [0.1, 0.15) is 0 Å². The molecule has 0 amide bonds. The lowest BCUT2D eigenvalue weighted by Gasteiger charge is -1.63. The molecule has 0 fully saturated rings. The van der Waals surface area contributed by atoms with Crippen molar-refractivity contribution in [2.24, 2.45) is 0 Å². The average Bonchev–Trinajstić information content (AvgIpc) is 2.50. The lowest BCUT2D eigenvalue weighted by Crippen LogP contribution is -1.44. The maximum Gasteiger partial charge on any atom is 0.0122 e. The molecule has 134 valence electrons. The Kier molecular flexibility index (Phi) is 31.8. The van der Waals surface area contributed by atoms with E-state index in [-0.39, 0.29) is 0 Å². The van der Waals surface area contributed by atoms with E-state index in [1.54, 1.807) is 53.3 Å². The first-order valence-electron chi connectivity index (χ1n) is 3.48. The van der Waals surface area contributed by atoms with Gasteiger partial charge in [-0.2, -0.15) is 0 Å². The lowest BCUT2D eigenvalue weighted by atomic mass is 30.7. The highest BCUT2D eigenvalue weighted by molar-refractivity contribution is 14.3. The molecule has 0 saturated heterocycles. The van der Waals surface area contributed by atoms with Crippen LogP contribution in [0.5, 0.6) is 0 Å². The highest BCUT2D eigenvalue weighted by Crippen LogP contribution is 2.03. The Hall–Kier alpha value is 5.99. The molecule has 0 aromatic heterocycles. The van der Waals surface area contributed by atoms with E-state index in [0.29, 0.717) is 3.80 Å². The second-order valence-corrected chi connectivity index (χ2v) is 48.5. The van der Waals surface area contributed by atoms with Gasteiger partial charge in [0, 0.05) is 137 Å². The molecule has 22 heteroatoms. The Bertz CT molecular complexity index is 1120. The van der Waals surface area contributed by atoms with E-state index in [1.807, 2.05) is 97.7 Å². The Labute approximate surface area is 211 Å². The van der Waals surface area contributed by atoms with Crippen LogP contribution in [0.3, 0.4) is 0 Å². The zero-order valence-corrected chi connectivity index (χ0v) is 29.6. The van der Waals surface area contributed by atoms with Crippen LogP contribution in [0.2, 0.25) is 0 Å². The molecule has 0 aromatic carbocycles. The summed E-state index contributed by atoms with van der Waals surface area (Å²) in [7, 11) is 32.1. The highest BCUT2D eigenvalue weighted by Gasteiger charge is 1.64. The fraction of sp³-hybridized carbons (Fsp3) is 0. The van der Waals surface area contributed by atoms with Crippen LogP contribution in [0, 0.1) is 0 Å². The van der Waals surface area contributed by atoms with E-state index >= 15 is 0 Å². The van der Waals surface area contributed by atoms with E-state index in [4.69, 9.17) is 11.2 Å². The smallest absolute Gasteiger partial charge is 0.0122 e. The molecule has 0 rings (SSSR count). The number of hydrogen-bond donors (Lipinski definition) is 0. The SMILES string of the molecule is S=S=S=S=S=S=S=S=S=S=S=S=S=S=S=S=S=S=S=S(I)I. The van der Waals surface area contributed by atoms with Crippen molar-refractivity contribution in [1.82, 2.24) is 0 Å². The van der Waals surface area contributed by atoms with Crippen molar-refractivity contribution in [3.05, 3.63) is 0 Å². The van der Waals surface area contributed by atoms with Crippen LogP contribution in [0.1, 0.15) is 0 Å². The summed E-state index contributed by atoms with van der Waals surface area (Å²) in [5.41, 5.74) is 0. The van der Waals surface area contributed by atoms with E-state index < -0.39 is 0 Å². The fourth-order valence-electron chi connectivity index (χ4n) is 0.202. The van der Waals surface area contributed by atoms with Crippen LogP contribution in [0.15, 0.2) is 0 Å². The third kappa shape index (κ3) is 26.0. The number of rotatable bonds is 0. The molecule has 22 heavy (non-hydrogen) atoms. The topological polar surface area (TPSA) is 0 Å². The second kappa shape index (κ2) is 25.0. The molecule has 0 unspecified atom stereocenters. The normalized spacial score (nSPS) is 8.14. The molecular formula is I2S20. The minimum atomic E-state index is 0.404. The molecule has 0 aliphatic carbocycles. The molecule has 0 aromatic rings. The maximum atomic E-state index is 4.77. The number of hydrogen-bond acceptors (Lipinski definition) is 1. The average molecular weight is 895 g/mol.